The van der Waals surface area contributed by atoms with Gasteiger partial charge in [0.05, 0.1) is 23.4 Å². The maximum atomic E-state index is 12.1. The summed E-state index contributed by atoms with van der Waals surface area (Å²) in [5.41, 5.74) is 0. The van der Waals surface area contributed by atoms with Crippen molar-refractivity contribution in [1.82, 2.24) is 10.2 Å². The van der Waals surface area contributed by atoms with Gasteiger partial charge < -0.3 is 15.3 Å². The van der Waals surface area contributed by atoms with Crippen molar-refractivity contribution in [1.29, 1.82) is 0 Å². The molecule has 0 spiro atoms. The standard InChI is InChI=1S/C15H23N3O2S/c1-2-16-15(18-10-8-13(19)12-18)17-9-11-21(20)14-6-4-3-5-7-14/h3-7,13,19H,2,8-12H2,1H3,(H,16,17)/t13-,21?/m1/s1. The van der Waals surface area contributed by atoms with E-state index in [1.54, 1.807) is 0 Å². The van der Waals surface area contributed by atoms with Gasteiger partial charge in [-0.15, -0.1) is 0 Å². The van der Waals surface area contributed by atoms with Gasteiger partial charge in [0.15, 0.2) is 5.96 Å². The molecule has 0 radical (unpaired) electrons. The zero-order chi connectivity index (χ0) is 15.1. The lowest BCUT2D eigenvalue weighted by Crippen LogP contribution is -2.40. The van der Waals surface area contributed by atoms with Crippen LogP contribution in [0.3, 0.4) is 0 Å². The average Bonchev–Trinajstić information content (AvgIpc) is 2.93. The Morgan fingerprint density at radius 2 is 2.24 bits per heavy atom. The van der Waals surface area contributed by atoms with Crippen molar-refractivity contribution in [3.8, 4) is 0 Å². The second-order valence-corrected chi connectivity index (χ2v) is 6.56. The fourth-order valence-corrected chi connectivity index (χ4v) is 3.24. The molecule has 1 fully saturated rings. The molecule has 5 nitrogen and oxygen atoms in total. The van der Waals surface area contributed by atoms with Gasteiger partial charge in [0.25, 0.3) is 0 Å². The Hall–Kier alpha value is -1.40. The number of guanidine groups is 1. The molecule has 1 aliphatic heterocycles. The fraction of sp³-hybridized carbons (Fsp3) is 0.533. The van der Waals surface area contributed by atoms with Crippen molar-refractivity contribution < 1.29 is 9.32 Å². The first-order chi connectivity index (χ1) is 10.2. The van der Waals surface area contributed by atoms with Crippen LogP contribution in [0.1, 0.15) is 13.3 Å². The Labute approximate surface area is 128 Å². The monoisotopic (exact) mass is 309 g/mol. The molecule has 6 heteroatoms. The first-order valence-electron chi connectivity index (χ1n) is 7.35. The van der Waals surface area contributed by atoms with Crippen LogP contribution in [-0.2, 0) is 10.8 Å². The number of aliphatic hydroxyl groups excluding tert-OH is 1. The number of aliphatic imine (C=N–C) groups is 1. The number of aliphatic hydroxyl groups is 1. The van der Waals surface area contributed by atoms with Gasteiger partial charge in [-0.05, 0) is 25.5 Å². The van der Waals surface area contributed by atoms with Gasteiger partial charge in [0, 0.05) is 30.3 Å². The van der Waals surface area contributed by atoms with Crippen LogP contribution < -0.4 is 5.32 Å². The zero-order valence-corrected chi connectivity index (χ0v) is 13.2. The van der Waals surface area contributed by atoms with E-state index in [0.717, 1.165) is 30.4 Å². The van der Waals surface area contributed by atoms with Crippen molar-refractivity contribution in [2.75, 3.05) is 31.9 Å². The van der Waals surface area contributed by atoms with E-state index >= 15 is 0 Å². The number of rotatable bonds is 5. The van der Waals surface area contributed by atoms with Crippen molar-refractivity contribution in [2.24, 2.45) is 4.99 Å². The van der Waals surface area contributed by atoms with Crippen LogP contribution in [0.25, 0.3) is 0 Å². The molecule has 2 rings (SSSR count). The summed E-state index contributed by atoms with van der Waals surface area (Å²) in [5.74, 6) is 1.31. The first-order valence-corrected chi connectivity index (χ1v) is 8.67. The van der Waals surface area contributed by atoms with Crippen molar-refractivity contribution in [2.45, 2.75) is 24.3 Å². The van der Waals surface area contributed by atoms with Crippen LogP contribution in [-0.4, -0.2) is 58.2 Å². The molecule has 0 aromatic heterocycles. The predicted octanol–water partition coefficient (Wildman–Crippen LogP) is 0.826. The van der Waals surface area contributed by atoms with Crippen LogP contribution in [0, 0.1) is 0 Å². The van der Waals surface area contributed by atoms with Gasteiger partial charge in [-0.1, -0.05) is 18.2 Å². The molecule has 1 unspecified atom stereocenters. The Morgan fingerprint density at radius 1 is 1.48 bits per heavy atom. The third kappa shape index (κ3) is 4.82. The molecule has 0 saturated carbocycles. The van der Waals surface area contributed by atoms with Crippen molar-refractivity contribution in [3.05, 3.63) is 30.3 Å². The average molecular weight is 309 g/mol. The van der Waals surface area contributed by atoms with Gasteiger partial charge in [0.2, 0.25) is 0 Å². The van der Waals surface area contributed by atoms with Crippen LogP contribution in [0.5, 0.6) is 0 Å². The summed E-state index contributed by atoms with van der Waals surface area (Å²) >= 11 is 0. The van der Waals surface area contributed by atoms with Crippen LogP contribution in [0.4, 0.5) is 0 Å². The summed E-state index contributed by atoms with van der Waals surface area (Å²) < 4.78 is 12.1. The number of hydrogen-bond acceptors (Lipinski definition) is 3. The maximum Gasteiger partial charge on any atom is 0.194 e. The lowest BCUT2D eigenvalue weighted by atomic mass is 10.3. The second-order valence-electron chi connectivity index (χ2n) is 4.99. The maximum absolute atomic E-state index is 12.1. The van der Waals surface area contributed by atoms with Crippen LogP contribution in [0.15, 0.2) is 40.2 Å². The Kier molecular flexibility index (Phi) is 6.20. The van der Waals surface area contributed by atoms with Crippen molar-refractivity contribution >= 4 is 16.8 Å². The summed E-state index contributed by atoms with van der Waals surface area (Å²) in [5, 5.41) is 12.8. The third-order valence-corrected chi connectivity index (χ3v) is 4.69. The second kappa shape index (κ2) is 8.14. The third-order valence-electron chi connectivity index (χ3n) is 3.34. The van der Waals surface area contributed by atoms with Crippen LogP contribution in [0.2, 0.25) is 0 Å². The molecule has 1 saturated heterocycles. The highest BCUT2D eigenvalue weighted by atomic mass is 32.2. The topological polar surface area (TPSA) is 64.9 Å². The predicted molar refractivity (Wildman–Crippen MR) is 85.9 cm³/mol. The zero-order valence-electron chi connectivity index (χ0n) is 12.4. The van der Waals surface area contributed by atoms with Gasteiger partial charge >= 0.3 is 0 Å². The molecule has 1 heterocycles. The molecule has 0 aliphatic carbocycles. The molecule has 2 N–H and O–H groups in total. The number of nitrogens with zero attached hydrogens (tertiary/aromatic N) is 2. The summed E-state index contributed by atoms with van der Waals surface area (Å²) in [6.45, 7) is 4.75. The summed E-state index contributed by atoms with van der Waals surface area (Å²) in [4.78, 5) is 7.42. The van der Waals surface area contributed by atoms with Gasteiger partial charge in [-0.25, -0.2) is 0 Å². The van der Waals surface area contributed by atoms with E-state index in [0.29, 0.717) is 18.8 Å². The number of benzene rings is 1. The molecule has 116 valence electrons. The summed E-state index contributed by atoms with van der Waals surface area (Å²) in [6, 6.07) is 9.46. The first kappa shape index (κ1) is 16.0. The highest BCUT2D eigenvalue weighted by Crippen LogP contribution is 2.09. The molecule has 1 aromatic carbocycles. The molecular formula is C15H23N3O2S. The molecule has 1 aromatic rings. The molecule has 21 heavy (non-hydrogen) atoms. The van der Waals surface area contributed by atoms with Gasteiger partial charge in [-0.2, -0.15) is 0 Å². The highest BCUT2D eigenvalue weighted by Gasteiger charge is 2.22. The van der Waals surface area contributed by atoms with Gasteiger partial charge in [-0.3, -0.25) is 9.20 Å². The Morgan fingerprint density at radius 3 is 2.86 bits per heavy atom. The Balaban J connectivity index is 1.89. The van der Waals surface area contributed by atoms with Gasteiger partial charge in [0.1, 0.15) is 0 Å². The minimum absolute atomic E-state index is 0.271. The molecule has 0 bridgehead atoms. The van der Waals surface area contributed by atoms with E-state index < -0.39 is 10.8 Å². The number of β-amino-alcohol motifs (C(OH)–C–C–N with tert-alkyl or cyclic N) is 1. The van der Waals surface area contributed by atoms with E-state index in [1.165, 1.54) is 0 Å². The minimum atomic E-state index is -1.02. The molecule has 2 atom stereocenters. The lowest BCUT2D eigenvalue weighted by molar-refractivity contribution is 0.188. The molecule has 1 aliphatic rings. The van der Waals surface area contributed by atoms with E-state index in [9.17, 15) is 9.32 Å². The summed E-state index contributed by atoms with van der Waals surface area (Å²) in [6.07, 6.45) is 0.507. The van der Waals surface area contributed by atoms with Crippen LogP contribution >= 0.6 is 0 Å². The molecular weight excluding hydrogens is 286 g/mol. The number of likely N-dealkylation sites (tertiary alicyclic amines) is 1. The van der Waals surface area contributed by atoms with E-state index in [-0.39, 0.29) is 6.10 Å². The quantitative estimate of drug-likeness (QED) is 0.624. The Bertz CT molecular complexity index is 493. The SMILES string of the molecule is CCNC(=NCCS(=O)c1ccccc1)N1CC[C@@H](O)C1. The van der Waals surface area contributed by atoms with E-state index in [4.69, 9.17) is 0 Å². The van der Waals surface area contributed by atoms with Crippen molar-refractivity contribution in [3.63, 3.8) is 0 Å². The smallest absolute Gasteiger partial charge is 0.194 e. The summed E-state index contributed by atoms with van der Waals surface area (Å²) in [7, 11) is -1.02. The number of nitrogens with one attached hydrogen (secondary N) is 1. The lowest BCUT2D eigenvalue weighted by Gasteiger charge is -2.20. The van der Waals surface area contributed by atoms with E-state index in [1.807, 2.05) is 37.3 Å². The van der Waals surface area contributed by atoms with E-state index in [2.05, 4.69) is 15.2 Å². The normalized spacial score (nSPS) is 20.6. The highest BCUT2D eigenvalue weighted by molar-refractivity contribution is 7.85. The molecule has 0 amide bonds. The minimum Gasteiger partial charge on any atom is -0.391 e. The fourth-order valence-electron chi connectivity index (χ4n) is 2.28. The largest absolute Gasteiger partial charge is 0.391 e. The number of hydrogen-bond donors (Lipinski definition) is 2.